The first kappa shape index (κ1) is 59.1. The zero-order valence-electron chi connectivity index (χ0n) is 38.8. The number of hydrogen-bond acceptors (Lipinski definition) is 30. The SMILES string of the molecule is CC(=O)N[C@@H]1[C@@H](O[C@@H]2O[C@H](CO[C@@H]3O[C@H](CO)[C@@H](O[C@@H]4O[C@H](CO)[C@H](O)[C@H](O)[C@H]4O)[C@H](O[C@@H]4O[C@@H](C)[C@@H](O)[C@@H](O)[C@@H]4O)[C@H]3NC(C)=O)[C@H](O)[C@H](O[C@@H]3O[C@H](CO)[C@H](O)[C@H](O)[C@H]3O)[C@H]2O)[C@@H](O)[C@@H](CO)O[C@@H]1O. The second-order valence-corrected chi connectivity index (χ2v) is 18.3. The van der Waals surface area contributed by atoms with Crippen LogP contribution in [0.15, 0.2) is 0 Å². The molecular formula is C40H68N2O30. The van der Waals surface area contributed by atoms with Gasteiger partial charge in [-0.15, -0.1) is 0 Å². The van der Waals surface area contributed by atoms with E-state index < -0.39 is 229 Å². The molecule has 0 saturated carbocycles. The lowest BCUT2D eigenvalue weighted by molar-refractivity contribution is -0.384. The van der Waals surface area contributed by atoms with Crippen LogP contribution in [-0.4, -0.2) is 316 Å². The van der Waals surface area contributed by atoms with Gasteiger partial charge in [0.25, 0.3) is 0 Å². The molecule has 0 aromatic carbocycles. The summed E-state index contributed by atoms with van der Waals surface area (Å²) in [4.78, 5) is 25.2. The highest BCUT2D eigenvalue weighted by atomic mass is 16.8. The Bertz CT molecular complexity index is 1730. The summed E-state index contributed by atoms with van der Waals surface area (Å²) in [6, 6.07) is -3.37. The van der Waals surface area contributed by atoms with Gasteiger partial charge in [0, 0.05) is 13.8 Å². The van der Waals surface area contributed by atoms with E-state index in [1.165, 1.54) is 6.92 Å². The standard InChI is InChI=1S/C40H68N2O30/c1-9-19(49)24(54)27(57)37(63-9)71-33-18(42-11(3)48)36(67-15(7-46)31(33)69-38-28(58)25(55)20(50)12(4-43)65-38)62-8-16-23(53)34(72-39-29(59)26(56)21(51)13(5-44)66-39)30(60)40(68-16)70-32-17(41-10(2)47)35(61)64-14(6-45)22(32)52/h9,12-40,43-46,49-61H,4-8H2,1-3H3,(H,41,47)(H,42,48)/t9-,12+,13+,14+,15+,16+,17+,18+,19+,20-,21-,22-,23-,24+,25-,26-,27-,28+,29+,30+,31+,32+,33+,34-,35-,36+,37-,38-,39-,40-/m0/s1. The normalized spacial score (nSPS) is 50.3. The number of amides is 2. The average molecular weight is 1060 g/mol. The fraction of sp³-hybridized carbons (Fsp3) is 0.950. The van der Waals surface area contributed by atoms with Gasteiger partial charge in [0.2, 0.25) is 11.8 Å². The summed E-state index contributed by atoms with van der Waals surface area (Å²) in [5.41, 5.74) is 0. The molecule has 32 nitrogen and oxygen atoms in total. The molecule has 6 aliphatic heterocycles. The maximum absolute atomic E-state index is 13.0. The maximum atomic E-state index is 13.0. The molecule has 0 unspecified atom stereocenters. The van der Waals surface area contributed by atoms with Gasteiger partial charge >= 0.3 is 0 Å². The Labute approximate surface area is 408 Å². The highest BCUT2D eigenvalue weighted by Crippen LogP contribution is 2.37. The molecule has 0 bridgehead atoms. The average Bonchev–Trinajstić information content (AvgIpc) is 3.34. The smallest absolute Gasteiger partial charge is 0.217 e. The van der Waals surface area contributed by atoms with Crippen molar-refractivity contribution < 1.29 is 149 Å². The summed E-state index contributed by atoms with van der Waals surface area (Å²) in [5.74, 6) is -1.63. The Hall–Kier alpha value is -2.18. The Balaban J connectivity index is 1.35. The molecule has 19 N–H and O–H groups in total. The van der Waals surface area contributed by atoms with Crippen LogP contribution in [0.4, 0.5) is 0 Å². The van der Waals surface area contributed by atoms with Crippen molar-refractivity contribution in [1.29, 1.82) is 0 Å². The van der Waals surface area contributed by atoms with Gasteiger partial charge in [-0.1, -0.05) is 0 Å². The Morgan fingerprint density at radius 2 is 0.778 bits per heavy atom. The largest absolute Gasteiger partial charge is 0.394 e. The molecule has 30 atom stereocenters. The van der Waals surface area contributed by atoms with Gasteiger partial charge in [0.15, 0.2) is 37.7 Å². The minimum Gasteiger partial charge on any atom is -0.394 e. The summed E-state index contributed by atoms with van der Waals surface area (Å²) in [6.07, 6.45) is -52.6. The molecule has 72 heavy (non-hydrogen) atoms. The molecule has 0 aromatic heterocycles. The van der Waals surface area contributed by atoms with Crippen LogP contribution in [0.5, 0.6) is 0 Å². The molecule has 6 fully saturated rings. The van der Waals surface area contributed by atoms with Crippen LogP contribution in [-0.2, 0) is 61.7 Å². The topological polar surface area (TPSA) is 504 Å². The summed E-state index contributed by atoms with van der Waals surface area (Å²) in [5, 5.41) is 186. The lowest BCUT2D eigenvalue weighted by Gasteiger charge is -2.50. The minimum atomic E-state index is -2.23. The van der Waals surface area contributed by atoms with Gasteiger partial charge < -0.3 is 150 Å². The summed E-state index contributed by atoms with van der Waals surface area (Å²) in [7, 11) is 0. The lowest BCUT2D eigenvalue weighted by Crippen LogP contribution is -2.70. The van der Waals surface area contributed by atoms with Crippen LogP contribution in [0, 0.1) is 0 Å². The number of carbonyl (C=O) groups excluding carboxylic acids is 2. The number of hydrogen-bond donors (Lipinski definition) is 19. The minimum absolute atomic E-state index is 0.778. The van der Waals surface area contributed by atoms with Crippen molar-refractivity contribution in [2.24, 2.45) is 0 Å². The Kier molecular flexibility index (Phi) is 20.8. The van der Waals surface area contributed by atoms with Crippen LogP contribution >= 0.6 is 0 Å². The number of nitrogens with one attached hydrogen (secondary N) is 2. The molecule has 0 radical (unpaired) electrons. The van der Waals surface area contributed by atoms with Crippen LogP contribution < -0.4 is 10.6 Å². The van der Waals surface area contributed by atoms with Gasteiger partial charge in [0.1, 0.15) is 140 Å². The fourth-order valence-corrected chi connectivity index (χ4v) is 9.15. The molecule has 0 aromatic rings. The second-order valence-electron chi connectivity index (χ2n) is 18.3. The molecule has 0 aliphatic carbocycles. The third-order valence-electron chi connectivity index (χ3n) is 13.2. The van der Waals surface area contributed by atoms with E-state index in [9.17, 15) is 96.4 Å². The third-order valence-corrected chi connectivity index (χ3v) is 13.2. The summed E-state index contributed by atoms with van der Waals surface area (Å²) < 4.78 is 63.8. The van der Waals surface area contributed by atoms with E-state index in [1.807, 2.05) is 0 Å². The van der Waals surface area contributed by atoms with Crippen molar-refractivity contribution in [3.05, 3.63) is 0 Å². The molecule has 6 saturated heterocycles. The molecule has 6 rings (SSSR count). The van der Waals surface area contributed by atoms with E-state index in [0.29, 0.717) is 0 Å². The van der Waals surface area contributed by atoms with Crippen LogP contribution in [0.25, 0.3) is 0 Å². The zero-order chi connectivity index (χ0) is 53.2. The zero-order valence-corrected chi connectivity index (χ0v) is 38.8. The number of aliphatic hydroxyl groups excluding tert-OH is 17. The van der Waals surface area contributed by atoms with E-state index >= 15 is 0 Å². The number of ether oxygens (including phenoxy) is 11. The van der Waals surface area contributed by atoms with Crippen molar-refractivity contribution in [2.45, 2.75) is 205 Å². The summed E-state index contributed by atoms with van der Waals surface area (Å²) in [6.45, 7) is -1.36. The lowest BCUT2D eigenvalue weighted by atomic mass is 9.94. The van der Waals surface area contributed by atoms with Gasteiger partial charge in [0.05, 0.1) is 39.1 Å². The Morgan fingerprint density at radius 1 is 0.389 bits per heavy atom. The van der Waals surface area contributed by atoms with E-state index in [0.717, 1.165) is 13.8 Å². The molecule has 418 valence electrons. The second kappa shape index (κ2) is 25.3. The molecular weight excluding hydrogens is 988 g/mol. The number of carbonyl (C=O) groups is 2. The third kappa shape index (κ3) is 12.6. The van der Waals surface area contributed by atoms with E-state index in [4.69, 9.17) is 52.1 Å². The van der Waals surface area contributed by atoms with Crippen molar-refractivity contribution in [1.82, 2.24) is 10.6 Å². The van der Waals surface area contributed by atoms with Crippen LogP contribution in [0.1, 0.15) is 20.8 Å². The molecule has 0 spiro atoms. The van der Waals surface area contributed by atoms with Crippen LogP contribution in [0.3, 0.4) is 0 Å². The molecule has 32 heteroatoms. The predicted octanol–water partition coefficient (Wildman–Crippen LogP) is -12.8. The number of aliphatic hydroxyl groups is 17. The van der Waals surface area contributed by atoms with E-state index in [2.05, 4.69) is 10.6 Å². The fourth-order valence-electron chi connectivity index (χ4n) is 9.15. The first-order chi connectivity index (χ1) is 34.0. The molecule has 6 aliphatic rings. The van der Waals surface area contributed by atoms with Gasteiger partial charge in [-0.25, -0.2) is 0 Å². The van der Waals surface area contributed by atoms with E-state index in [-0.39, 0.29) is 0 Å². The summed E-state index contributed by atoms with van der Waals surface area (Å²) >= 11 is 0. The number of rotatable bonds is 17. The highest BCUT2D eigenvalue weighted by molar-refractivity contribution is 5.73. The van der Waals surface area contributed by atoms with E-state index in [1.54, 1.807) is 0 Å². The monoisotopic (exact) mass is 1060 g/mol. The van der Waals surface area contributed by atoms with Gasteiger partial charge in [-0.05, 0) is 6.92 Å². The first-order valence-electron chi connectivity index (χ1n) is 23.0. The maximum Gasteiger partial charge on any atom is 0.217 e. The van der Waals surface area contributed by atoms with Crippen molar-refractivity contribution in [3.63, 3.8) is 0 Å². The van der Waals surface area contributed by atoms with Crippen molar-refractivity contribution in [2.75, 3.05) is 33.0 Å². The highest BCUT2D eigenvalue weighted by Gasteiger charge is 2.58. The van der Waals surface area contributed by atoms with Crippen LogP contribution in [0.2, 0.25) is 0 Å². The van der Waals surface area contributed by atoms with Crippen molar-refractivity contribution >= 4 is 11.8 Å². The Morgan fingerprint density at radius 3 is 1.29 bits per heavy atom. The predicted molar refractivity (Wildman–Crippen MR) is 221 cm³/mol. The quantitative estimate of drug-likeness (QED) is 0.0643. The van der Waals surface area contributed by atoms with Gasteiger partial charge in [-0.3, -0.25) is 9.59 Å². The van der Waals surface area contributed by atoms with Crippen molar-refractivity contribution in [3.8, 4) is 0 Å². The van der Waals surface area contributed by atoms with Gasteiger partial charge in [-0.2, -0.15) is 0 Å². The molecule has 2 amide bonds. The molecule has 6 heterocycles. The first-order valence-corrected chi connectivity index (χ1v) is 23.0.